The van der Waals surface area contributed by atoms with Crippen LogP contribution >= 0.6 is 27.5 Å². The van der Waals surface area contributed by atoms with Crippen LogP contribution in [0.1, 0.15) is 26.6 Å². The molecule has 2 aromatic rings. The normalized spacial score (nSPS) is 12.3. The van der Waals surface area contributed by atoms with E-state index < -0.39 is 0 Å². The first-order valence-corrected chi connectivity index (χ1v) is 6.71. The summed E-state index contributed by atoms with van der Waals surface area (Å²) in [7, 11) is 0. The van der Waals surface area contributed by atoms with Gasteiger partial charge in [0.25, 0.3) is 0 Å². The number of hydrogen-bond donors (Lipinski definition) is 2. The van der Waals surface area contributed by atoms with Crippen molar-refractivity contribution < 1.29 is 0 Å². The lowest BCUT2D eigenvalue weighted by atomic mass is 10.1. The van der Waals surface area contributed by atoms with Crippen LogP contribution in [0, 0.1) is 0 Å². The number of hydrogen-bond acceptors (Lipinski definition) is 2. The van der Waals surface area contributed by atoms with E-state index in [0.29, 0.717) is 5.02 Å². The van der Waals surface area contributed by atoms with E-state index in [0.717, 1.165) is 27.9 Å². The van der Waals surface area contributed by atoms with E-state index in [1.165, 1.54) is 0 Å². The number of aromatic amines is 1. The van der Waals surface area contributed by atoms with E-state index in [4.69, 9.17) is 11.6 Å². The highest BCUT2D eigenvalue weighted by atomic mass is 79.9. The molecular weight excluding hydrogens is 302 g/mol. The van der Waals surface area contributed by atoms with Gasteiger partial charge in [0, 0.05) is 9.50 Å². The largest absolute Gasteiger partial charge is 0.340 e. The van der Waals surface area contributed by atoms with E-state index in [9.17, 15) is 0 Å². The third-order valence-corrected chi connectivity index (χ3v) is 3.54. The van der Waals surface area contributed by atoms with Crippen molar-refractivity contribution >= 4 is 38.6 Å². The maximum absolute atomic E-state index is 6.02. The van der Waals surface area contributed by atoms with Crippen LogP contribution in [0.15, 0.2) is 16.6 Å². The molecule has 0 aliphatic heterocycles. The van der Waals surface area contributed by atoms with Gasteiger partial charge in [-0.1, -0.05) is 18.5 Å². The molecule has 0 bridgehead atoms. The van der Waals surface area contributed by atoms with Crippen LogP contribution in [0.5, 0.6) is 0 Å². The van der Waals surface area contributed by atoms with Crippen molar-refractivity contribution in [3.8, 4) is 0 Å². The summed E-state index contributed by atoms with van der Waals surface area (Å²) in [6, 6.07) is 3.74. The molecule has 1 aromatic carbocycles. The van der Waals surface area contributed by atoms with Crippen LogP contribution in [0.2, 0.25) is 5.02 Å². The molecule has 2 N–H and O–H groups in total. The van der Waals surface area contributed by atoms with Crippen LogP contribution < -0.4 is 5.32 Å². The Balaban J connectivity index is 2.55. The third-order valence-electron chi connectivity index (χ3n) is 2.72. The van der Waals surface area contributed by atoms with Crippen molar-refractivity contribution in [1.29, 1.82) is 0 Å². The Bertz CT molecular complexity index is 548. The smallest absolute Gasteiger partial charge is 0.127 e. The molecule has 0 unspecified atom stereocenters. The zero-order valence-corrected chi connectivity index (χ0v) is 12.4. The van der Waals surface area contributed by atoms with Crippen LogP contribution in [-0.2, 0) is 5.54 Å². The second-order valence-corrected chi connectivity index (χ2v) is 5.82. The molecule has 0 aliphatic rings. The van der Waals surface area contributed by atoms with Crippen LogP contribution in [0.25, 0.3) is 11.0 Å². The fourth-order valence-electron chi connectivity index (χ4n) is 1.86. The van der Waals surface area contributed by atoms with Crippen molar-refractivity contribution in [2.75, 3.05) is 6.54 Å². The quantitative estimate of drug-likeness (QED) is 0.903. The van der Waals surface area contributed by atoms with Crippen molar-refractivity contribution in [1.82, 2.24) is 15.3 Å². The summed E-state index contributed by atoms with van der Waals surface area (Å²) in [6.45, 7) is 7.18. The molecule has 0 atom stereocenters. The average molecular weight is 317 g/mol. The molecule has 0 spiro atoms. The van der Waals surface area contributed by atoms with Crippen LogP contribution in [-0.4, -0.2) is 16.5 Å². The minimum atomic E-state index is -0.181. The highest BCUT2D eigenvalue weighted by Crippen LogP contribution is 2.29. The number of imidazole rings is 1. The number of aromatic nitrogens is 2. The van der Waals surface area contributed by atoms with E-state index in [2.05, 4.69) is 52.0 Å². The number of rotatable bonds is 3. The van der Waals surface area contributed by atoms with Gasteiger partial charge in [0.2, 0.25) is 0 Å². The fraction of sp³-hybridized carbons (Fsp3) is 0.417. The minimum Gasteiger partial charge on any atom is -0.340 e. The number of halogens is 2. The number of nitrogens with one attached hydrogen (secondary N) is 2. The molecule has 1 aromatic heterocycles. The van der Waals surface area contributed by atoms with Crippen molar-refractivity contribution in [3.63, 3.8) is 0 Å². The van der Waals surface area contributed by atoms with E-state index >= 15 is 0 Å². The van der Waals surface area contributed by atoms with E-state index in [-0.39, 0.29) is 5.54 Å². The summed E-state index contributed by atoms with van der Waals surface area (Å²) in [4.78, 5) is 7.93. The zero-order chi connectivity index (χ0) is 12.6. The van der Waals surface area contributed by atoms with Crippen LogP contribution in [0.4, 0.5) is 0 Å². The van der Waals surface area contributed by atoms with Crippen molar-refractivity contribution in [3.05, 3.63) is 27.5 Å². The summed E-state index contributed by atoms with van der Waals surface area (Å²) in [5.41, 5.74) is 1.68. The second kappa shape index (κ2) is 4.59. The Labute approximate surface area is 114 Å². The molecule has 2 rings (SSSR count). The van der Waals surface area contributed by atoms with Crippen molar-refractivity contribution in [2.24, 2.45) is 0 Å². The van der Waals surface area contributed by atoms with Gasteiger partial charge in [-0.25, -0.2) is 4.98 Å². The van der Waals surface area contributed by atoms with E-state index in [1.54, 1.807) is 0 Å². The van der Waals surface area contributed by atoms with Gasteiger partial charge in [0.15, 0.2) is 0 Å². The Morgan fingerprint density at radius 3 is 2.82 bits per heavy atom. The average Bonchev–Trinajstić information content (AvgIpc) is 2.62. The van der Waals surface area contributed by atoms with Gasteiger partial charge in [-0.3, -0.25) is 0 Å². The lowest BCUT2D eigenvalue weighted by molar-refractivity contribution is 0.395. The predicted octanol–water partition coefficient (Wildman–Crippen LogP) is 3.82. The molecule has 0 amide bonds. The Morgan fingerprint density at radius 1 is 1.47 bits per heavy atom. The Morgan fingerprint density at radius 2 is 2.18 bits per heavy atom. The standard InChI is InChI=1S/C12H15BrClN3/c1-4-15-12(2,3)11-16-9-6-7(14)5-8(13)10(9)17-11/h5-6,15H,4H2,1-3H3,(H,16,17). The molecular formula is C12H15BrClN3. The molecule has 0 saturated carbocycles. The SMILES string of the molecule is CCNC(C)(C)c1nc2c(Br)cc(Cl)cc2[nH]1. The van der Waals surface area contributed by atoms with Crippen molar-refractivity contribution in [2.45, 2.75) is 26.3 Å². The summed E-state index contributed by atoms with van der Waals surface area (Å²) < 4.78 is 0.912. The van der Waals surface area contributed by atoms with Gasteiger partial charge in [-0.2, -0.15) is 0 Å². The number of H-pyrrole nitrogens is 1. The van der Waals surface area contributed by atoms with E-state index in [1.807, 2.05) is 12.1 Å². The predicted molar refractivity (Wildman–Crippen MR) is 75.5 cm³/mol. The van der Waals surface area contributed by atoms with Gasteiger partial charge in [-0.05, 0) is 48.5 Å². The number of nitrogens with zero attached hydrogens (tertiary/aromatic N) is 1. The first-order valence-electron chi connectivity index (χ1n) is 5.54. The minimum absolute atomic E-state index is 0.181. The van der Waals surface area contributed by atoms with Crippen LogP contribution in [0.3, 0.4) is 0 Å². The molecule has 17 heavy (non-hydrogen) atoms. The Kier molecular flexibility index (Phi) is 3.48. The van der Waals surface area contributed by atoms with Gasteiger partial charge >= 0.3 is 0 Å². The van der Waals surface area contributed by atoms with Gasteiger partial charge < -0.3 is 10.3 Å². The summed E-state index contributed by atoms with van der Waals surface area (Å²) in [6.07, 6.45) is 0. The third kappa shape index (κ3) is 2.49. The maximum Gasteiger partial charge on any atom is 0.127 e. The number of benzene rings is 1. The first-order chi connectivity index (χ1) is 7.94. The number of fused-ring (bicyclic) bond motifs is 1. The highest BCUT2D eigenvalue weighted by molar-refractivity contribution is 9.10. The lowest BCUT2D eigenvalue weighted by Crippen LogP contribution is -2.37. The molecule has 0 aliphatic carbocycles. The Hall–Kier alpha value is -0.580. The summed E-state index contributed by atoms with van der Waals surface area (Å²) in [5.74, 6) is 0.914. The molecule has 3 nitrogen and oxygen atoms in total. The van der Waals surface area contributed by atoms with Gasteiger partial charge in [0.1, 0.15) is 11.3 Å². The fourth-order valence-corrected chi connectivity index (χ4v) is 2.76. The molecule has 0 radical (unpaired) electrons. The topological polar surface area (TPSA) is 40.7 Å². The lowest BCUT2D eigenvalue weighted by Gasteiger charge is -2.22. The zero-order valence-electron chi connectivity index (χ0n) is 10.1. The molecule has 92 valence electrons. The van der Waals surface area contributed by atoms with Gasteiger partial charge in [-0.15, -0.1) is 0 Å². The highest BCUT2D eigenvalue weighted by Gasteiger charge is 2.23. The first kappa shape index (κ1) is 12.9. The molecule has 5 heteroatoms. The monoisotopic (exact) mass is 315 g/mol. The summed E-state index contributed by atoms with van der Waals surface area (Å²) in [5, 5.41) is 4.09. The second-order valence-electron chi connectivity index (χ2n) is 4.52. The summed E-state index contributed by atoms with van der Waals surface area (Å²) >= 11 is 9.49. The maximum atomic E-state index is 6.02. The molecule has 0 saturated heterocycles. The molecule has 1 heterocycles. The van der Waals surface area contributed by atoms with Gasteiger partial charge in [0.05, 0.1) is 11.1 Å². The molecule has 0 fully saturated rings.